The van der Waals surface area contributed by atoms with Crippen molar-refractivity contribution in [3.8, 4) is 22.6 Å². The van der Waals surface area contributed by atoms with E-state index in [2.05, 4.69) is 19.1 Å². The molecule has 4 aromatic rings. The van der Waals surface area contributed by atoms with Gasteiger partial charge in [0.15, 0.2) is 9.84 Å². The van der Waals surface area contributed by atoms with E-state index in [0.29, 0.717) is 17.1 Å². The number of fused-ring (bicyclic) bond motifs is 3. The Balaban J connectivity index is 1.19. The van der Waals surface area contributed by atoms with E-state index in [0.717, 1.165) is 28.7 Å². The van der Waals surface area contributed by atoms with Gasteiger partial charge in [0, 0.05) is 19.0 Å². The van der Waals surface area contributed by atoms with Gasteiger partial charge >= 0.3 is 12.1 Å². The van der Waals surface area contributed by atoms with Crippen LogP contribution in [0.5, 0.6) is 11.5 Å². The van der Waals surface area contributed by atoms with Crippen LogP contribution in [0.3, 0.4) is 0 Å². The van der Waals surface area contributed by atoms with Crippen molar-refractivity contribution in [1.82, 2.24) is 4.90 Å². The second-order valence-electron chi connectivity index (χ2n) is 11.5. The molecule has 8 nitrogen and oxygen atoms in total. The summed E-state index contributed by atoms with van der Waals surface area (Å²) in [5.41, 5.74) is 5.91. The predicted molar refractivity (Wildman–Crippen MR) is 171 cm³/mol. The number of aryl methyl sites for hydroxylation is 1. The van der Waals surface area contributed by atoms with Gasteiger partial charge in [-0.15, -0.1) is 0 Å². The lowest BCUT2D eigenvalue weighted by Crippen LogP contribution is -2.39. The number of nitrogens with zero attached hydrogens (tertiary/aromatic N) is 1. The van der Waals surface area contributed by atoms with Crippen LogP contribution < -0.4 is 4.74 Å². The maximum absolute atomic E-state index is 13.8. The van der Waals surface area contributed by atoms with Crippen LogP contribution in [-0.2, 0) is 30.5 Å². The summed E-state index contributed by atoms with van der Waals surface area (Å²) in [6.07, 6.45) is -0.402. The Bertz CT molecular complexity index is 1770. The van der Waals surface area contributed by atoms with Crippen LogP contribution in [0.15, 0.2) is 97.1 Å². The second kappa shape index (κ2) is 12.4. The number of aliphatic carboxylic acids is 1. The summed E-state index contributed by atoms with van der Waals surface area (Å²) in [6.45, 7) is 2.12. The highest BCUT2D eigenvalue weighted by Gasteiger charge is 2.49. The number of carbonyl (C=O) groups is 2. The third-order valence-corrected chi connectivity index (χ3v) is 11.5. The van der Waals surface area contributed by atoms with Gasteiger partial charge in [0.1, 0.15) is 22.9 Å². The quantitative estimate of drug-likeness (QED) is 0.230. The molecular weight excluding hydrogens is 590 g/mol. The fourth-order valence-corrected chi connectivity index (χ4v) is 8.59. The Labute approximate surface area is 263 Å². The molecule has 1 fully saturated rings. The molecule has 1 N–H and O–H groups in total. The number of carboxylic acids is 1. The van der Waals surface area contributed by atoms with E-state index in [1.807, 2.05) is 60.7 Å². The minimum atomic E-state index is -4.00. The third kappa shape index (κ3) is 5.92. The van der Waals surface area contributed by atoms with Crippen LogP contribution in [0.1, 0.15) is 47.9 Å². The first-order valence-corrected chi connectivity index (χ1v) is 16.8. The number of rotatable bonds is 8. The smallest absolute Gasteiger partial charge is 0.409 e. The Kier molecular flexibility index (Phi) is 8.38. The van der Waals surface area contributed by atoms with Gasteiger partial charge in [0.05, 0.1) is 12.2 Å². The fourth-order valence-electron chi connectivity index (χ4n) is 6.50. The molecule has 1 heterocycles. The first-order valence-electron chi connectivity index (χ1n) is 15.1. The average molecular weight is 626 g/mol. The number of carboxylic acid groups (broad SMARTS) is 1. The number of amides is 1. The van der Waals surface area contributed by atoms with Crippen molar-refractivity contribution in [2.75, 3.05) is 25.4 Å². The molecule has 4 aromatic carbocycles. The van der Waals surface area contributed by atoms with Gasteiger partial charge in [0.2, 0.25) is 0 Å². The summed E-state index contributed by atoms with van der Waals surface area (Å²) in [7, 11) is -4.00. The molecule has 1 amide bonds. The van der Waals surface area contributed by atoms with Gasteiger partial charge in [-0.25, -0.2) is 13.2 Å². The van der Waals surface area contributed by atoms with Gasteiger partial charge in [-0.2, -0.15) is 0 Å². The number of sulfone groups is 1. The maximum atomic E-state index is 13.8. The van der Waals surface area contributed by atoms with Crippen LogP contribution in [0.2, 0.25) is 0 Å². The minimum absolute atomic E-state index is 0.0329. The van der Waals surface area contributed by atoms with Crippen LogP contribution >= 0.6 is 0 Å². The molecule has 0 saturated carbocycles. The highest BCUT2D eigenvalue weighted by atomic mass is 32.2. The molecule has 0 radical (unpaired) electrons. The molecular formula is C36H35NO7S. The summed E-state index contributed by atoms with van der Waals surface area (Å²) in [5, 5.41) is 9.85. The normalized spacial score (nSPS) is 18.8. The van der Waals surface area contributed by atoms with Crippen molar-refractivity contribution in [1.29, 1.82) is 0 Å². The van der Waals surface area contributed by atoms with E-state index < -0.39 is 33.1 Å². The van der Waals surface area contributed by atoms with E-state index in [4.69, 9.17) is 9.47 Å². The van der Waals surface area contributed by atoms with Crippen molar-refractivity contribution < 1.29 is 32.6 Å². The SMILES string of the molecule is CCc1ccc(Oc2ccc(C3(CC(=O)O)CCN(C(=O)OCC4c5ccccc5-c5ccccc54)CCS3(=O)=O)cc2)cc1. The van der Waals surface area contributed by atoms with Gasteiger partial charge < -0.3 is 19.5 Å². The second-order valence-corrected chi connectivity index (χ2v) is 14.0. The predicted octanol–water partition coefficient (Wildman–Crippen LogP) is 6.78. The molecule has 1 unspecified atom stereocenters. The highest BCUT2D eigenvalue weighted by Crippen LogP contribution is 2.45. The Morgan fingerprint density at radius 2 is 1.42 bits per heavy atom. The Hall–Kier alpha value is -4.63. The number of benzene rings is 4. The number of ether oxygens (including phenoxy) is 2. The van der Waals surface area contributed by atoms with Crippen LogP contribution in [-0.4, -0.2) is 55.9 Å². The summed E-state index contributed by atoms with van der Waals surface area (Å²) in [4.78, 5) is 26.8. The van der Waals surface area contributed by atoms with Crippen LogP contribution in [0, 0.1) is 0 Å². The zero-order chi connectivity index (χ0) is 31.6. The summed E-state index contributed by atoms with van der Waals surface area (Å²) >= 11 is 0. The fraction of sp³-hybridized carbons (Fsp3) is 0.278. The molecule has 2 aliphatic rings. The zero-order valence-electron chi connectivity index (χ0n) is 25.0. The Morgan fingerprint density at radius 3 is 2.00 bits per heavy atom. The number of carbonyl (C=O) groups excluding carboxylic acids is 1. The van der Waals surface area contributed by atoms with Crippen molar-refractivity contribution in [2.45, 2.75) is 36.9 Å². The molecule has 9 heteroatoms. The molecule has 1 saturated heterocycles. The standard InChI is InChI=1S/C36H35NO7S/c1-2-25-11-15-27(16-12-25)44-28-17-13-26(14-18-28)36(23-34(38)39)19-20-37(21-22-45(36,41)42)35(40)43-24-33-31-9-5-3-7-29(31)30-8-4-6-10-32(30)33/h3-18,33H,2,19-24H2,1H3,(H,38,39). The molecule has 45 heavy (non-hydrogen) atoms. The minimum Gasteiger partial charge on any atom is -0.481 e. The van der Waals surface area contributed by atoms with Crippen molar-refractivity contribution in [3.63, 3.8) is 0 Å². The molecule has 6 rings (SSSR count). The van der Waals surface area contributed by atoms with Gasteiger partial charge in [0.25, 0.3) is 0 Å². The van der Waals surface area contributed by atoms with Crippen LogP contribution in [0.4, 0.5) is 4.79 Å². The highest BCUT2D eigenvalue weighted by molar-refractivity contribution is 7.92. The van der Waals surface area contributed by atoms with Crippen molar-refractivity contribution in [3.05, 3.63) is 119 Å². The summed E-state index contributed by atoms with van der Waals surface area (Å²) in [5.74, 6) is -0.606. The van der Waals surface area contributed by atoms with E-state index in [-0.39, 0.29) is 37.8 Å². The monoisotopic (exact) mass is 625 g/mol. The first-order chi connectivity index (χ1) is 21.7. The molecule has 0 spiro atoms. The van der Waals surface area contributed by atoms with Gasteiger partial charge in [-0.05, 0) is 70.5 Å². The molecule has 1 atom stereocenters. The Morgan fingerprint density at radius 1 is 0.844 bits per heavy atom. The molecule has 1 aliphatic carbocycles. The molecule has 0 bridgehead atoms. The number of hydrogen-bond donors (Lipinski definition) is 1. The molecule has 0 aromatic heterocycles. The lowest BCUT2D eigenvalue weighted by atomic mass is 9.91. The number of hydrogen-bond acceptors (Lipinski definition) is 6. The van der Waals surface area contributed by atoms with Crippen LogP contribution in [0.25, 0.3) is 11.1 Å². The topological polar surface area (TPSA) is 110 Å². The van der Waals surface area contributed by atoms with E-state index in [1.165, 1.54) is 10.5 Å². The molecule has 232 valence electrons. The maximum Gasteiger partial charge on any atom is 0.409 e. The van der Waals surface area contributed by atoms with E-state index in [9.17, 15) is 23.1 Å². The largest absolute Gasteiger partial charge is 0.481 e. The average Bonchev–Trinajstić information content (AvgIpc) is 3.29. The summed E-state index contributed by atoms with van der Waals surface area (Å²) < 4.78 is 37.7. The zero-order valence-corrected chi connectivity index (χ0v) is 25.8. The van der Waals surface area contributed by atoms with Crippen molar-refractivity contribution >= 4 is 21.9 Å². The summed E-state index contributed by atoms with van der Waals surface area (Å²) in [6, 6.07) is 30.3. The molecule has 1 aliphatic heterocycles. The third-order valence-electron chi connectivity index (χ3n) is 8.99. The first kappa shape index (κ1) is 30.4. The van der Waals surface area contributed by atoms with Gasteiger partial charge in [-0.1, -0.05) is 79.7 Å². The van der Waals surface area contributed by atoms with Crippen molar-refractivity contribution in [2.24, 2.45) is 0 Å². The lowest BCUT2D eigenvalue weighted by Gasteiger charge is -2.31. The van der Waals surface area contributed by atoms with E-state index in [1.54, 1.807) is 24.3 Å². The van der Waals surface area contributed by atoms with Gasteiger partial charge in [-0.3, -0.25) is 4.79 Å². The lowest BCUT2D eigenvalue weighted by molar-refractivity contribution is -0.137. The van der Waals surface area contributed by atoms with E-state index >= 15 is 0 Å².